The van der Waals surface area contributed by atoms with Gasteiger partial charge in [0.05, 0.1) is 5.69 Å². The van der Waals surface area contributed by atoms with Crippen LogP contribution in [-0.4, -0.2) is 17.8 Å². The highest BCUT2D eigenvalue weighted by atomic mass is 127. The zero-order valence-corrected chi connectivity index (χ0v) is 12.8. The fraction of sp³-hybridized carbons (Fsp3) is 0.357. The van der Waals surface area contributed by atoms with Crippen LogP contribution in [0.3, 0.4) is 0 Å². The number of amides is 4. The summed E-state index contributed by atoms with van der Waals surface area (Å²) in [5.41, 5.74) is -0.512. The second-order valence-electron chi connectivity index (χ2n) is 5.14. The first kappa shape index (κ1) is 13.5. The molecule has 1 saturated heterocycles. The van der Waals surface area contributed by atoms with Crippen LogP contribution < -0.4 is 10.2 Å². The van der Waals surface area contributed by atoms with Crippen LogP contribution in [0.5, 0.6) is 0 Å². The van der Waals surface area contributed by atoms with Crippen molar-refractivity contribution >= 4 is 46.1 Å². The Balaban J connectivity index is 2.07. The van der Waals surface area contributed by atoms with Crippen LogP contribution in [0.15, 0.2) is 24.3 Å². The fourth-order valence-electron chi connectivity index (χ4n) is 2.95. The van der Waals surface area contributed by atoms with Gasteiger partial charge in [-0.25, -0.2) is 9.69 Å². The van der Waals surface area contributed by atoms with Gasteiger partial charge in [-0.1, -0.05) is 25.0 Å². The topological polar surface area (TPSA) is 66.5 Å². The Morgan fingerprint density at radius 1 is 1.10 bits per heavy atom. The van der Waals surface area contributed by atoms with Gasteiger partial charge >= 0.3 is 6.03 Å². The number of para-hydroxylation sites is 1. The Kier molecular flexibility index (Phi) is 3.27. The summed E-state index contributed by atoms with van der Waals surface area (Å²) in [6, 6.07) is 6.51. The summed E-state index contributed by atoms with van der Waals surface area (Å²) in [5, 5.41) is 2.34. The summed E-state index contributed by atoms with van der Waals surface area (Å²) in [6.07, 6.45) is 2.72. The van der Waals surface area contributed by atoms with Crippen molar-refractivity contribution in [2.45, 2.75) is 25.7 Å². The molecule has 0 atom stereocenters. The van der Waals surface area contributed by atoms with Crippen LogP contribution in [0.25, 0.3) is 0 Å². The predicted octanol–water partition coefficient (Wildman–Crippen LogP) is 2.43. The molecule has 3 rings (SSSR count). The predicted molar refractivity (Wildman–Crippen MR) is 81.1 cm³/mol. The molecule has 0 bridgehead atoms. The van der Waals surface area contributed by atoms with Gasteiger partial charge in [-0.05, 0) is 47.6 Å². The molecule has 1 aliphatic heterocycles. The molecule has 1 aromatic rings. The van der Waals surface area contributed by atoms with Crippen LogP contribution in [0, 0.1) is 8.99 Å². The minimum atomic E-state index is -1.05. The molecule has 1 N–H and O–H groups in total. The van der Waals surface area contributed by atoms with Crippen LogP contribution in [0.4, 0.5) is 10.5 Å². The van der Waals surface area contributed by atoms with E-state index in [9.17, 15) is 14.4 Å². The lowest BCUT2D eigenvalue weighted by atomic mass is 9.82. The van der Waals surface area contributed by atoms with Crippen LogP contribution in [0.1, 0.15) is 25.7 Å². The van der Waals surface area contributed by atoms with Crippen molar-refractivity contribution < 1.29 is 14.4 Å². The highest BCUT2D eigenvalue weighted by molar-refractivity contribution is 14.1. The number of hydrogen-bond donors (Lipinski definition) is 1. The largest absolute Gasteiger partial charge is 0.335 e. The number of anilines is 1. The summed E-state index contributed by atoms with van der Waals surface area (Å²) in [6.45, 7) is 0. The molecule has 1 saturated carbocycles. The fourth-order valence-corrected chi connectivity index (χ4v) is 3.58. The second kappa shape index (κ2) is 4.83. The lowest BCUT2D eigenvalue weighted by molar-refractivity contribution is -0.142. The van der Waals surface area contributed by atoms with E-state index in [0.29, 0.717) is 18.5 Å². The summed E-state index contributed by atoms with van der Waals surface area (Å²) in [5.74, 6) is -0.819. The molecule has 0 unspecified atom stereocenters. The lowest BCUT2D eigenvalue weighted by Crippen LogP contribution is -2.63. The molecule has 1 spiro atoms. The van der Waals surface area contributed by atoms with Crippen LogP contribution >= 0.6 is 22.6 Å². The van der Waals surface area contributed by atoms with Gasteiger partial charge < -0.3 is 0 Å². The van der Waals surface area contributed by atoms with Crippen molar-refractivity contribution in [3.05, 3.63) is 27.8 Å². The highest BCUT2D eigenvalue weighted by Crippen LogP contribution is 2.43. The van der Waals surface area contributed by atoms with E-state index in [1.165, 1.54) is 0 Å². The summed E-state index contributed by atoms with van der Waals surface area (Å²) >= 11 is 2.08. The first-order chi connectivity index (χ1) is 9.56. The summed E-state index contributed by atoms with van der Waals surface area (Å²) in [4.78, 5) is 38.1. The van der Waals surface area contributed by atoms with Gasteiger partial charge in [-0.3, -0.25) is 14.9 Å². The van der Waals surface area contributed by atoms with Gasteiger partial charge in [-0.15, -0.1) is 0 Å². The lowest BCUT2D eigenvalue weighted by Gasteiger charge is -2.37. The van der Waals surface area contributed by atoms with E-state index in [-0.39, 0.29) is 5.91 Å². The number of hydrogen-bond acceptors (Lipinski definition) is 3. The molecule has 0 radical (unpaired) electrons. The maximum atomic E-state index is 12.8. The van der Waals surface area contributed by atoms with E-state index in [0.717, 1.165) is 21.3 Å². The van der Waals surface area contributed by atoms with Gasteiger partial charge in [0.25, 0.3) is 5.91 Å². The van der Waals surface area contributed by atoms with Crippen molar-refractivity contribution in [1.29, 1.82) is 0 Å². The maximum absolute atomic E-state index is 12.8. The number of halogens is 1. The number of benzene rings is 1. The van der Waals surface area contributed by atoms with Gasteiger partial charge in [0.2, 0.25) is 5.91 Å². The minimum absolute atomic E-state index is 0.382. The molecule has 5 nitrogen and oxygen atoms in total. The zero-order valence-electron chi connectivity index (χ0n) is 10.7. The summed E-state index contributed by atoms with van der Waals surface area (Å²) in [7, 11) is 0. The number of barbiturate groups is 1. The normalized spacial score (nSPS) is 21.4. The third-order valence-electron chi connectivity index (χ3n) is 4.02. The highest BCUT2D eigenvalue weighted by Gasteiger charge is 2.55. The van der Waals surface area contributed by atoms with E-state index in [4.69, 9.17) is 0 Å². The quantitative estimate of drug-likeness (QED) is 0.598. The average Bonchev–Trinajstić information content (AvgIpc) is 2.90. The third kappa shape index (κ3) is 1.85. The van der Waals surface area contributed by atoms with Gasteiger partial charge in [0.1, 0.15) is 5.41 Å². The van der Waals surface area contributed by atoms with Gasteiger partial charge in [0, 0.05) is 3.57 Å². The number of carbonyl (C=O) groups excluding carboxylic acids is 3. The zero-order chi connectivity index (χ0) is 14.3. The molecule has 0 aromatic heterocycles. The van der Waals surface area contributed by atoms with Crippen LogP contribution in [0.2, 0.25) is 0 Å². The molecule has 6 heteroatoms. The van der Waals surface area contributed by atoms with E-state index in [1.54, 1.807) is 12.1 Å². The van der Waals surface area contributed by atoms with Gasteiger partial charge in [0.15, 0.2) is 0 Å². The van der Waals surface area contributed by atoms with E-state index in [2.05, 4.69) is 27.9 Å². The van der Waals surface area contributed by atoms with Crippen molar-refractivity contribution in [3.63, 3.8) is 0 Å². The molecular formula is C14H13IN2O3. The smallest absolute Gasteiger partial charge is 0.276 e. The van der Waals surface area contributed by atoms with Crippen molar-refractivity contribution in [2.75, 3.05) is 4.90 Å². The molecule has 104 valence electrons. The second-order valence-corrected chi connectivity index (χ2v) is 6.30. The molecule has 1 aliphatic carbocycles. The Hall–Kier alpha value is -1.44. The van der Waals surface area contributed by atoms with Gasteiger partial charge in [-0.2, -0.15) is 0 Å². The number of carbonyl (C=O) groups is 3. The maximum Gasteiger partial charge on any atom is 0.335 e. The van der Waals surface area contributed by atoms with Crippen molar-refractivity contribution in [2.24, 2.45) is 5.41 Å². The Morgan fingerprint density at radius 2 is 1.75 bits per heavy atom. The first-order valence-corrected chi connectivity index (χ1v) is 7.59. The standard InChI is InChI=1S/C14H13IN2O3/c15-9-5-1-2-6-10(9)17-12(19)14(7-3-4-8-14)11(18)16-13(17)20/h1-2,5-6H,3-4,7-8H2,(H,16,18,20). The molecular weight excluding hydrogens is 371 g/mol. The molecule has 2 fully saturated rings. The van der Waals surface area contributed by atoms with E-state index >= 15 is 0 Å². The number of nitrogens with one attached hydrogen (secondary N) is 1. The van der Waals surface area contributed by atoms with E-state index in [1.807, 2.05) is 12.1 Å². The van der Waals surface area contributed by atoms with Crippen molar-refractivity contribution in [3.8, 4) is 0 Å². The number of nitrogens with zero attached hydrogens (tertiary/aromatic N) is 1. The Morgan fingerprint density at radius 3 is 2.40 bits per heavy atom. The number of imide groups is 2. The molecule has 1 heterocycles. The average molecular weight is 384 g/mol. The SMILES string of the molecule is O=C1NC(=O)C2(CCCC2)C(=O)N1c1ccccc1I. The monoisotopic (exact) mass is 384 g/mol. The Labute approximate surface area is 129 Å². The minimum Gasteiger partial charge on any atom is -0.276 e. The number of rotatable bonds is 1. The van der Waals surface area contributed by atoms with E-state index < -0.39 is 17.4 Å². The first-order valence-electron chi connectivity index (χ1n) is 6.51. The molecule has 2 aliphatic rings. The van der Waals surface area contributed by atoms with Crippen molar-refractivity contribution in [1.82, 2.24) is 5.32 Å². The Bertz CT molecular complexity index is 608. The molecule has 1 aromatic carbocycles. The third-order valence-corrected chi connectivity index (χ3v) is 4.93. The van der Waals surface area contributed by atoms with Crippen LogP contribution in [-0.2, 0) is 9.59 Å². The number of urea groups is 1. The molecule has 20 heavy (non-hydrogen) atoms. The molecule has 4 amide bonds. The summed E-state index contributed by atoms with van der Waals surface area (Å²) < 4.78 is 0.802.